The summed E-state index contributed by atoms with van der Waals surface area (Å²) in [4.78, 5) is 33.1. The molecule has 0 amide bonds. The SMILES string of the molecule is CC[C@@]1(O)C(=O)OCc2c1cc1n(c2=O)Cc2c-1nc1cc(F)c(C)cc1c2CN=[N+]=[N-]. The van der Waals surface area contributed by atoms with Crippen molar-refractivity contribution in [3.8, 4) is 11.4 Å². The van der Waals surface area contributed by atoms with Crippen molar-refractivity contribution >= 4 is 16.9 Å². The summed E-state index contributed by atoms with van der Waals surface area (Å²) in [6.45, 7) is 3.22. The molecule has 10 heteroatoms. The number of azide groups is 1. The van der Waals surface area contributed by atoms with Gasteiger partial charge >= 0.3 is 5.97 Å². The molecule has 2 aromatic heterocycles. The number of aliphatic hydroxyl groups is 1. The minimum atomic E-state index is -1.93. The van der Waals surface area contributed by atoms with E-state index >= 15 is 0 Å². The number of aromatic nitrogens is 2. The zero-order chi connectivity index (χ0) is 22.8. The van der Waals surface area contributed by atoms with Crippen LogP contribution in [-0.4, -0.2) is 20.6 Å². The number of carbonyl (C=O) groups is 1. The Kier molecular flexibility index (Phi) is 4.34. The molecule has 0 spiro atoms. The molecule has 2 aliphatic heterocycles. The second-order valence-electron chi connectivity index (χ2n) is 8.03. The lowest BCUT2D eigenvalue weighted by Gasteiger charge is -2.31. The molecular formula is C22H18FN5O4. The van der Waals surface area contributed by atoms with Gasteiger partial charge in [-0.25, -0.2) is 14.2 Å². The van der Waals surface area contributed by atoms with Crippen LogP contribution < -0.4 is 5.56 Å². The molecule has 0 bridgehead atoms. The number of carbonyl (C=O) groups excluding carboxylic acids is 1. The number of cyclic esters (lactones) is 1. The van der Waals surface area contributed by atoms with Gasteiger partial charge in [-0.15, -0.1) is 0 Å². The van der Waals surface area contributed by atoms with Gasteiger partial charge in [0.2, 0.25) is 0 Å². The van der Waals surface area contributed by atoms with Gasteiger partial charge in [0.05, 0.1) is 35.6 Å². The molecule has 0 fully saturated rings. The molecule has 3 aromatic rings. The fourth-order valence-electron chi connectivity index (χ4n) is 4.57. The first kappa shape index (κ1) is 20.2. The van der Waals surface area contributed by atoms with Gasteiger partial charge in [0.25, 0.3) is 5.56 Å². The van der Waals surface area contributed by atoms with Crippen molar-refractivity contribution in [2.75, 3.05) is 0 Å². The molecule has 1 atom stereocenters. The van der Waals surface area contributed by atoms with E-state index in [1.54, 1.807) is 26.0 Å². The molecule has 0 unspecified atom stereocenters. The van der Waals surface area contributed by atoms with Crippen LogP contribution in [0.3, 0.4) is 0 Å². The third-order valence-electron chi connectivity index (χ3n) is 6.38. The number of nitrogens with zero attached hydrogens (tertiary/aromatic N) is 5. The van der Waals surface area contributed by atoms with Crippen LogP contribution in [-0.2, 0) is 34.8 Å². The van der Waals surface area contributed by atoms with Crippen LogP contribution in [0.1, 0.15) is 41.2 Å². The Bertz CT molecular complexity index is 1460. The van der Waals surface area contributed by atoms with E-state index in [0.29, 0.717) is 39.0 Å². The van der Waals surface area contributed by atoms with Crippen LogP contribution >= 0.6 is 0 Å². The third-order valence-corrected chi connectivity index (χ3v) is 6.38. The smallest absolute Gasteiger partial charge is 0.343 e. The molecule has 5 rings (SSSR count). The monoisotopic (exact) mass is 435 g/mol. The highest BCUT2D eigenvalue weighted by Gasteiger charge is 2.45. The summed E-state index contributed by atoms with van der Waals surface area (Å²) in [5.74, 6) is -1.23. The molecule has 0 aliphatic carbocycles. The van der Waals surface area contributed by atoms with E-state index in [9.17, 15) is 19.1 Å². The molecule has 1 N–H and O–H groups in total. The van der Waals surface area contributed by atoms with Gasteiger partial charge in [0, 0.05) is 27.5 Å². The Hall–Kier alpha value is -3.75. The van der Waals surface area contributed by atoms with Crippen molar-refractivity contribution in [3.63, 3.8) is 0 Å². The Morgan fingerprint density at radius 3 is 2.84 bits per heavy atom. The van der Waals surface area contributed by atoms with Gasteiger partial charge < -0.3 is 14.4 Å². The Morgan fingerprint density at radius 2 is 2.12 bits per heavy atom. The van der Waals surface area contributed by atoms with Crippen LogP contribution in [0.25, 0.3) is 32.7 Å². The highest BCUT2D eigenvalue weighted by atomic mass is 19.1. The summed E-state index contributed by atoms with van der Waals surface area (Å²) in [5, 5.41) is 15.3. The number of hydrogen-bond donors (Lipinski definition) is 1. The lowest BCUT2D eigenvalue weighted by molar-refractivity contribution is -0.172. The molecule has 2 aliphatic rings. The van der Waals surface area contributed by atoms with Crippen molar-refractivity contribution in [2.45, 2.75) is 45.6 Å². The molecule has 32 heavy (non-hydrogen) atoms. The van der Waals surface area contributed by atoms with Crippen LogP contribution in [0.4, 0.5) is 4.39 Å². The summed E-state index contributed by atoms with van der Waals surface area (Å²) in [5.41, 5.74) is 9.94. The topological polar surface area (TPSA) is 130 Å². The number of esters is 1. The fourth-order valence-corrected chi connectivity index (χ4v) is 4.57. The summed E-state index contributed by atoms with van der Waals surface area (Å²) in [6.07, 6.45) is 0.0341. The number of rotatable bonds is 3. The minimum absolute atomic E-state index is 0.00583. The first-order valence-electron chi connectivity index (χ1n) is 10.1. The average molecular weight is 435 g/mol. The first-order chi connectivity index (χ1) is 15.3. The van der Waals surface area contributed by atoms with Crippen molar-refractivity contribution in [1.29, 1.82) is 0 Å². The van der Waals surface area contributed by atoms with Crippen LogP contribution in [0.5, 0.6) is 0 Å². The minimum Gasteiger partial charge on any atom is -0.458 e. The number of aryl methyl sites for hydroxylation is 1. The maximum absolute atomic E-state index is 14.3. The number of hydrogen-bond acceptors (Lipinski definition) is 6. The zero-order valence-electron chi connectivity index (χ0n) is 17.3. The fraction of sp³-hybridized carbons (Fsp3) is 0.318. The maximum Gasteiger partial charge on any atom is 0.343 e. The maximum atomic E-state index is 14.3. The van der Waals surface area contributed by atoms with E-state index in [2.05, 4.69) is 15.0 Å². The summed E-state index contributed by atoms with van der Waals surface area (Å²) in [6, 6.07) is 4.55. The quantitative estimate of drug-likeness (QED) is 0.228. The van der Waals surface area contributed by atoms with E-state index in [0.717, 1.165) is 0 Å². The molecule has 0 radical (unpaired) electrons. The number of benzene rings is 1. The van der Waals surface area contributed by atoms with Crippen molar-refractivity contribution in [3.05, 3.63) is 72.6 Å². The highest BCUT2D eigenvalue weighted by Crippen LogP contribution is 2.40. The Labute approximate surface area is 180 Å². The lowest BCUT2D eigenvalue weighted by Crippen LogP contribution is -2.44. The number of halogens is 1. The van der Waals surface area contributed by atoms with Crippen molar-refractivity contribution < 1.29 is 19.0 Å². The Balaban J connectivity index is 1.84. The number of pyridine rings is 2. The second-order valence-corrected chi connectivity index (χ2v) is 8.03. The average Bonchev–Trinajstić information content (AvgIpc) is 3.14. The summed E-state index contributed by atoms with van der Waals surface area (Å²) in [7, 11) is 0. The molecule has 162 valence electrons. The van der Waals surface area contributed by atoms with Gasteiger partial charge in [-0.3, -0.25) is 4.79 Å². The summed E-state index contributed by atoms with van der Waals surface area (Å²) < 4.78 is 20.9. The highest BCUT2D eigenvalue weighted by molar-refractivity contribution is 5.89. The largest absolute Gasteiger partial charge is 0.458 e. The molecule has 0 saturated heterocycles. The normalized spacial score (nSPS) is 18.6. The number of ether oxygens (including phenoxy) is 1. The Morgan fingerprint density at radius 1 is 1.34 bits per heavy atom. The van der Waals surface area contributed by atoms with Gasteiger partial charge in [-0.2, -0.15) is 0 Å². The van der Waals surface area contributed by atoms with Gasteiger partial charge in [-0.05, 0) is 42.1 Å². The predicted molar refractivity (Wildman–Crippen MR) is 112 cm³/mol. The van der Waals surface area contributed by atoms with E-state index < -0.39 is 22.9 Å². The standard InChI is InChI=1S/C22H18FN5O4/c1-3-22(31)15-5-18-19-13(8-28(18)20(29)14(15)9-32-21(22)30)12(7-25-27-24)11-4-10(2)16(23)6-17(11)26-19/h4-6,31H,3,7-9H2,1-2H3/t22-/m0/s1. The van der Waals surface area contributed by atoms with E-state index in [1.807, 2.05) is 0 Å². The second kappa shape index (κ2) is 6.88. The molecular weight excluding hydrogens is 417 g/mol. The van der Waals surface area contributed by atoms with Crippen molar-refractivity contribution in [1.82, 2.24) is 9.55 Å². The zero-order valence-corrected chi connectivity index (χ0v) is 17.3. The molecule has 1 aromatic carbocycles. The molecule has 9 nitrogen and oxygen atoms in total. The first-order valence-corrected chi connectivity index (χ1v) is 10.1. The van der Waals surface area contributed by atoms with Crippen LogP contribution in [0, 0.1) is 12.7 Å². The lowest BCUT2D eigenvalue weighted by atomic mass is 9.86. The van der Waals surface area contributed by atoms with Crippen LogP contribution in [0.15, 0.2) is 28.1 Å². The third kappa shape index (κ3) is 2.60. The van der Waals surface area contributed by atoms with Gasteiger partial charge in [0.15, 0.2) is 5.60 Å². The van der Waals surface area contributed by atoms with E-state index in [4.69, 9.17) is 10.3 Å². The van der Waals surface area contributed by atoms with Crippen molar-refractivity contribution in [2.24, 2.45) is 5.11 Å². The van der Waals surface area contributed by atoms with E-state index in [1.165, 1.54) is 10.6 Å². The van der Waals surface area contributed by atoms with E-state index in [-0.39, 0.29) is 37.2 Å². The van der Waals surface area contributed by atoms with Gasteiger partial charge in [-0.1, -0.05) is 12.0 Å². The summed E-state index contributed by atoms with van der Waals surface area (Å²) >= 11 is 0. The van der Waals surface area contributed by atoms with Crippen LogP contribution in [0.2, 0.25) is 0 Å². The van der Waals surface area contributed by atoms with Gasteiger partial charge in [0.1, 0.15) is 12.4 Å². The molecule has 0 saturated carbocycles. The molecule has 4 heterocycles. The number of fused-ring (bicyclic) bond motifs is 5. The predicted octanol–water partition coefficient (Wildman–Crippen LogP) is 3.34.